The van der Waals surface area contributed by atoms with Crippen LogP contribution in [0.4, 0.5) is 8.63 Å². The molecule has 0 amide bonds. The lowest BCUT2D eigenvalue weighted by atomic mass is 10.1. The number of nitrogens with one attached hydrogen (secondary N) is 1. The summed E-state index contributed by atoms with van der Waals surface area (Å²) in [6.07, 6.45) is 13.2. The number of likely N-dealkylation sites (N-methyl/N-ethyl adjacent to an activating group) is 1. The highest BCUT2D eigenvalue weighted by Gasteiger charge is 2.28. The van der Waals surface area contributed by atoms with Crippen molar-refractivity contribution in [1.29, 1.82) is 0 Å². The van der Waals surface area contributed by atoms with E-state index in [2.05, 4.69) is 4.98 Å². The molecule has 2 aliphatic rings. The summed E-state index contributed by atoms with van der Waals surface area (Å²) < 4.78 is 28.0. The minimum Gasteiger partial charge on any atom is -0.356 e. The SMILES string of the molecule is C[N+]1=C(c2ccc[nH]2)C=C/C1=C/C1=CCC=CN1B(F)F. The van der Waals surface area contributed by atoms with E-state index in [1.807, 2.05) is 42.1 Å². The number of aromatic nitrogens is 1. The fourth-order valence-corrected chi connectivity index (χ4v) is 2.45. The van der Waals surface area contributed by atoms with E-state index in [1.54, 1.807) is 18.2 Å². The Morgan fingerprint density at radius 3 is 2.95 bits per heavy atom. The van der Waals surface area contributed by atoms with Crippen molar-refractivity contribution in [3.05, 3.63) is 72.0 Å². The largest absolute Gasteiger partial charge is 0.677 e. The Hall–Kier alpha value is -2.37. The first-order chi connectivity index (χ1) is 10.2. The van der Waals surface area contributed by atoms with Crippen molar-refractivity contribution in [3.8, 4) is 0 Å². The Bertz CT molecular complexity index is 682. The molecule has 1 N–H and O–H groups in total. The molecule has 3 heterocycles. The number of hydrogen-bond acceptors (Lipinski definition) is 1. The molecule has 106 valence electrons. The van der Waals surface area contributed by atoms with Crippen LogP contribution in [0.1, 0.15) is 12.1 Å². The van der Waals surface area contributed by atoms with Gasteiger partial charge in [-0.1, -0.05) is 12.2 Å². The Labute approximate surface area is 122 Å². The van der Waals surface area contributed by atoms with Crippen LogP contribution in [-0.4, -0.2) is 34.5 Å². The molecule has 0 radical (unpaired) electrons. The van der Waals surface area contributed by atoms with Crippen LogP contribution in [0.2, 0.25) is 0 Å². The molecule has 0 atom stereocenters. The van der Waals surface area contributed by atoms with Crippen molar-refractivity contribution in [3.63, 3.8) is 0 Å². The molecule has 3 nitrogen and oxygen atoms in total. The number of rotatable bonds is 3. The van der Waals surface area contributed by atoms with Crippen molar-refractivity contribution >= 4 is 13.1 Å². The quantitative estimate of drug-likeness (QED) is 0.669. The molecule has 0 fully saturated rings. The summed E-state index contributed by atoms with van der Waals surface area (Å²) in [5, 5.41) is 0. The maximum Gasteiger partial charge on any atom is 0.677 e. The molecule has 0 saturated carbocycles. The van der Waals surface area contributed by atoms with E-state index in [0.29, 0.717) is 12.1 Å². The van der Waals surface area contributed by atoms with Crippen LogP contribution in [0.25, 0.3) is 0 Å². The molecule has 6 heteroatoms. The molecule has 1 aromatic rings. The van der Waals surface area contributed by atoms with Crippen LogP contribution in [0.3, 0.4) is 0 Å². The van der Waals surface area contributed by atoms with Crippen molar-refractivity contribution in [2.24, 2.45) is 0 Å². The monoisotopic (exact) mass is 286 g/mol. The lowest BCUT2D eigenvalue weighted by Gasteiger charge is -2.20. The van der Waals surface area contributed by atoms with E-state index in [9.17, 15) is 8.63 Å². The highest BCUT2D eigenvalue weighted by atomic mass is 19.2. The molecular weight excluding hydrogens is 271 g/mol. The zero-order valence-electron chi connectivity index (χ0n) is 11.6. The lowest BCUT2D eigenvalue weighted by Crippen LogP contribution is -2.27. The molecule has 21 heavy (non-hydrogen) atoms. The standard InChI is InChI=1S/C15H14BF2N3/c1-20-12(7-8-15(20)14-6-4-9-19-14)11-13-5-2-3-10-21(13)16(17)18/h3-11H,2H2,1H3/p+1/b12-11-. The van der Waals surface area contributed by atoms with Crippen molar-refractivity contribution in [2.75, 3.05) is 7.05 Å². The number of halogens is 2. The smallest absolute Gasteiger partial charge is 0.356 e. The lowest BCUT2D eigenvalue weighted by molar-refractivity contribution is -0.433. The van der Waals surface area contributed by atoms with E-state index in [-0.39, 0.29) is 0 Å². The highest BCUT2D eigenvalue weighted by Crippen LogP contribution is 2.21. The average molecular weight is 286 g/mol. The Morgan fingerprint density at radius 2 is 2.24 bits per heavy atom. The first-order valence-electron chi connectivity index (χ1n) is 6.74. The molecule has 1 aromatic heterocycles. The second kappa shape index (κ2) is 5.56. The molecule has 0 spiro atoms. The fraction of sp³-hybridized carbons (Fsp3) is 0.133. The van der Waals surface area contributed by atoms with Crippen LogP contribution >= 0.6 is 0 Å². The number of nitrogens with zero attached hydrogens (tertiary/aromatic N) is 2. The zero-order chi connectivity index (χ0) is 14.8. The molecule has 3 rings (SSSR count). The summed E-state index contributed by atoms with van der Waals surface area (Å²) in [5.41, 5.74) is 3.42. The second-order valence-electron chi connectivity index (χ2n) is 4.86. The molecule has 0 saturated heterocycles. The third-order valence-corrected chi connectivity index (χ3v) is 3.57. The van der Waals surface area contributed by atoms with Crippen molar-refractivity contribution in [1.82, 2.24) is 9.79 Å². The van der Waals surface area contributed by atoms with Gasteiger partial charge in [-0.15, -0.1) is 0 Å². The molecular formula is C15H15BF2N3+. The topological polar surface area (TPSA) is 22.0 Å². The molecule has 0 unspecified atom stereocenters. The van der Waals surface area contributed by atoms with Crippen LogP contribution < -0.4 is 0 Å². The van der Waals surface area contributed by atoms with Crippen LogP contribution in [0.15, 0.2) is 66.3 Å². The van der Waals surface area contributed by atoms with E-state index < -0.39 is 7.40 Å². The maximum atomic E-state index is 13.0. The first kappa shape index (κ1) is 13.6. The van der Waals surface area contributed by atoms with Gasteiger partial charge in [0, 0.05) is 30.1 Å². The molecule has 0 bridgehead atoms. The predicted octanol–water partition coefficient (Wildman–Crippen LogP) is 2.93. The van der Waals surface area contributed by atoms with Gasteiger partial charge in [0.2, 0.25) is 11.4 Å². The first-order valence-corrected chi connectivity index (χ1v) is 6.74. The normalized spacial score (nSPS) is 19.7. The minimum absolute atomic E-state index is 0.520. The molecule has 0 aliphatic carbocycles. The van der Waals surface area contributed by atoms with Gasteiger partial charge in [-0.2, -0.15) is 4.58 Å². The van der Waals surface area contributed by atoms with Gasteiger partial charge < -0.3 is 9.79 Å². The van der Waals surface area contributed by atoms with E-state index >= 15 is 0 Å². The number of hydrogen-bond donors (Lipinski definition) is 1. The number of allylic oxidation sites excluding steroid dienone is 5. The van der Waals surface area contributed by atoms with Gasteiger partial charge in [0.05, 0.1) is 0 Å². The number of H-pyrrole nitrogens is 1. The van der Waals surface area contributed by atoms with Crippen LogP contribution in [0, 0.1) is 0 Å². The Balaban J connectivity index is 1.91. The van der Waals surface area contributed by atoms with Gasteiger partial charge in [-0.05, 0) is 24.8 Å². The molecule has 2 aliphatic heterocycles. The van der Waals surface area contributed by atoms with Crippen molar-refractivity contribution < 1.29 is 13.2 Å². The molecule has 0 aromatic carbocycles. The van der Waals surface area contributed by atoms with E-state index in [1.165, 1.54) is 6.20 Å². The summed E-state index contributed by atoms with van der Waals surface area (Å²) >= 11 is 0. The zero-order valence-corrected chi connectivity index (χ0v) is 11.6. The second-order valence-corrected chi connectivity index (χ2v) is 4.86. The summed E-state index contributed by atoms with van der Waals surface area (Å²) in [5.74, 6) is 0. The predicted molar refractivity (Wildman–Crippen MR) is 80.0 cm³/mol. The summed E-state index contributed by atoms with van der Waals surface area (Å²) in [6, 6.07) is 3.91. The highest BCUT2D eigenvalue weighted by molar-refractivity contribution is 6.40. The average Bonchev–Trinajstić information content (AvgIpc) is 3.10. The summed E-state index contributed by atoms with van der Waals surface area (Å²) in [7, 11) is -0.610. The van der Waals surface area contributed by atoms with Crippen LogP contribution in [0.5, 0.6) is 0 Å². The fourth-order valence-electron chi connectivity index (χ4n) is 2.45. The minimum atomic E-state index is -2.54. The summed E-state index contributed by atoms with van der Waals surface area (Å²) in [4.78, 5) is 4.12. The maximum absolute atomic E-state index is 13.0. The van der Waals surface area contributed by atoms with Gasteiger partial charge in [0.1, 0.15) is 12.7 Å². The van der Waals surface area contributed by atoms with E-state index in [4.69, 9.17) is 0 Å². The van der Waals surface area contributed by atoms with Gasteiger partial charge in [0.25, 0.3) is 0 Å². The third-order valence-electron chi connectivity index (χ3n) is 3.57. The van der Waals surface area contributed by atoms with Crippen molar-refractivity contribution in [2.45, 2.75) is 6.42 Å². The van der Waals surface area contributed by atoms with Gasteiger partial charge in [0.15, 0.2) is 0 Å². The van der Waals surface area contributed by atoms with E-state index in [0.717, 1.165) is 21.9 Å². The van der Waals surface area contributed by atoms with Gasteiger partial charge in [-0.3, -0.25) is 8.63 Å². The summed E-state index contributed by atoms with van der Waals surface area (Å²) in [6.45, 7) is 0. The number of aromatic amines is 1. The van der Waals surface area contributed by atoms with Gasteiger partial charge >= 0.3 is 7.40 Å². The van der Waals surface area contributed by atoms with Gasteiger partial charge in [-0.25, -0.2) is 0 Å². The Morgan fingerprint density at radius 1 is 1.38 bits per heavy atom. The van der Waals surface area contributed by atoms with Crippen LogP contribution in [-0.2, 0) is 0 Å². The Kier molecular flexibility index (Phi) is 3.60. The third kappa shape index (κ3) is 2.61.